The average molecular weight is 192 g/mol. The zero-order chi connectivity index (χ0) is 10.6. The maximum atomic E-state index is 10.7. The third-order valence-corrected chi connectivity index (χ3v) is 2.64. The largest absolute Gasteiger partial charge is 0.481 e. The van der Waals surface area contributed by atoms with Gasteiger partial charge in [-0.15, -0.1) is 0 Å². The Balaban J connectivity index is 2.57. The van der Waals surface area contributed by atoms with Crippen LogP contribution in [0.25, 0.3) is 0 Å². The lowest BCUT2D eigenvalue weighted by Gasteiger charge is -2.15. The summed E-state index contributed by atoms with van der Waals surface area (Å²) in [5.41, 5.74) is 1.20. The normalized spacial score (nSPS) is 14.7. The van der Waals surface area contributed by atoms with E-state index in [9.17, 15) is 4.79 Å². The van der Waals surface area contributed by atoms with Crippen molar-refractivity contribution in [2.75, 3.05) is 0 Å². The minimum atomic E-state index is -0.714. The van der Waals surface area contributed by atoms with Gasteiger partial charge in [0.2, 0.25) is 0 Å². The molecule has 0 aliphatic heterocycles. The highest BCUT2D eigenvalue weighted by molar-refractivity contribution is 5.69. The molecule has 0 radical (unpaired) electrons. The van der Waals surface area contributed by atoms with E-state index >= 15 is 0 Å². The van der Waals surface area contributed by atoms with E-state index in [0.29, 0.717) is 0 Å². The summed E-state index contributed by atoms with van der Waals surface area (Å²) >= 11 is 0. The van der Waals surface area contributed by atoms with Gasteiger partial charge in [-0.25, -0.2) is 0 Å². The van der Waals surface area contributed by atoms with Gasteiger partial charge < -0.3 is 5.11 Å². The first kappa shape index (κ1) is 10.8. The van der Waals surface area contributed by atoms with Crippen molar-refractivity contribution in [3.8, 4) is 0 Å². The summed E-state index contributed by atoms with van der Waals surface area (Å²) in [7, 11) is 0. The van der Waals surface area contributed by atoms with Crippen LogP contribution in [0.15, 0.2) is 30.3 Å². The number of carbonyl (C=O) groups is 1. The van der Waals surface area contributed by atoms with Gasteiger partial charge in [-0.2, -0.15) is 0 Å². The first-order valence-corrected chi connectivity index (χ1v) is 4.88. The summed E-state index contributed by atoms with van der Waals surface area (Å²) in [6.07, 6.45) is 0.828. The molecular weight excluding hydrogens is 176 g/mol. The van der Waals surface area contributed by atoms with Crippen molar-refractivity contribution in [1.29, 1.82) is 0 Å². The zero-order valence-corrected chi connectivity index (χ0v) is 8.60. The summed E-state index contributed by atoms with van der Waals surface area (Å²) < 4.78 is 0. The predicted molar refractivity (Wildman–Crippen MR) is 56.1 cm³/mol. The molecule has 0 aliphatic rings. The molecule has 0 aromatic heterocycles. The topological polar surface area (TPSA) is 37.3 Å². The number of rotatable bonds is 4. The second-order valence-electron chi connectivity index (χ2n) is 3.79. The monoisotopic (exact) mass is 192 g/mol. The van der Waals surface area contributed by atoms with Crippen LogP contribution in [-0.4, -0.2) is 11.1 Å². The highest BCUT2D eigenvalue weighted by Crippen LogP contribution is 2.16. The standard InChI is InChI=1S/C12H16O2/c1-9(10(2)12(13)14)8-11-6-4-3-5-7-11/h3-7,9-10H,8H2,1-2H3,(H,13,14)/t9-,10+/m0/s1. The molecule has 2 heteroatoms. The molecule has 2 nitrogen and oxygen atoms in total. The molecule has 1 rings (SSSR count). The SMILES string of the molecule is C[C@@H](Cc1ccccc1)[C@@H](C)C(=O)O. The lowest BCUT2D eigenvalue weighted by Crippen LogP contribution is -2.19. The molecule has 1 aromatic carbocycles. The van der Waals surface area contributed by atoms with Crippen molar-refractivity contribution < 1.29 is 9.90 Å². The van der Waals surface area contributed by atoms with Crippen molar-refractivity contribution in [2.24, 2.45) is 11.8 Å². The first-order chi connectivity index (χ1) is 6.61. The Morgan fingerprint density at radius 1 is 1.29 bits per heavy atom. The van der Waals surface area contributed by atoms with Gasteiger partial charge in [0.05, 0.1) is 5.92 Å². The Hall–Kier alpha value is -1.31. The van der Waals surface area contributed by atoms with Crippen LogP contribution < -0.4 is 0 Å². The molecule has 14 heavy (non-hydrogen) atoms. The first-order valence-electron chi connectivity index (χ1n) is 4.88. The van der Waals surface area contributed by atoms with Crippen LogP contribution in [0.3, 0.4) is 0 Å². The number of hydrogen-bond acceptors (Lipinski definition) is 1. The van der Waals surface area contributed by atoms with Gasteiger partial charge in [-0.1, -0.05) is 44.2 Å². The average Bonchev–Trinajstić information content (AvgIpc) is 2.18. The van der Waals surface area contributed by atoms with E-state index in [1.165, 1.54) is 5.56 Å². The van der Waals surface area contributed by atoms with Gasteiger partial charge in [-0.05, 0) is 17.9 Å². The van der Waals surface area contributed by atoms with Crippen LogP contribution in [0.5, 0.6) is 0 Å². The Kier molecular flexibility index (Phi) is 3.69. The second kappa shape index (κ2) is 4.80. The molecule has 0 fully saturated rings. The van der Waals surface area contributed by atoms with Crippen LogP contribution in [0, 0.1) is 11.8 Å². The van der Waals surface area contributed by atoms with E-state index in [4.69, 9.17) is 5.11 Å². The van der Waals surface area contributed by atoms with Gasteiger partial charge >= 0.3 is 5.97 Å². The Morgan fingerprint density at radius 2 is 1.86 bits per heavy atom. The summed E-state index contributed by atoms with van der Waals surface area (Å²) in [5.74, 6) is -0.821. The Bertz CT molecular complexity index is 292. The molecule has 0 heterocycles. The number of carboxylic acid groups (broad SMARTS) is 1. The van der Waals surface area contributed by atoms with E-state index in [0.717, 1.165) is 6.42 Å². The van der Waals surface area contributed by atoms with E-state index in [1.807, 2.05) is 37.3 Å². The van der Waals surface area contributed by atoms with Crippen LogP contribution in [-0.2, 0) is 11.2 Å². The van der Waals surface area contributed by atoms with E-state index in [2.05, 4.69) is 0 Å². The smallest absolute Gasteiger partial charge is 0.306 e. The van der Waals surface area contributed by atoms with Crippen molar-refractivity contribution >= 4 is 5.97 Å². The fourth-order valence-corrected chi connectivity index (χ4v) is 1.41. The fourth-order valence-electron chi connectivity index (χ4n) is 1.41. The van der Waals surface area contributed by atoms with Crippen LogP contribution in [0.1, 0.15) is 19.4 Å². The van der Waals surface area contributed by atoms with Crippen molar-refractivity contribution in [3.05, 3.63) is 35.9 Å². The minimum Gasteiger partial charge on any atom is -0.481 e. The molecule has 0 bridgehead atoms. The molecule has 0 aliphatic carbocycles. The lowest BCUT2D eigenvalue weighted by atomic mass is 9.90. The molecule has 1 aromatic rings. The molecule has 1 N–H and O–H groups in total. The molecule has 2 atom stereocenters. The maximum Gasteiger partial charge on any atom is 0.306 e. The summed E-state index contributed by atoms with van der Waals surface area (Å²) in [5, 5.41) is 8.83. The molecule has 0 saturated heterocycles. The fraction of sp³-hybridized carbons (Fsp3) is 0.417. The predicted octanol–water partition coefficient (Wildman–Crippen LogP) is 2.59. The minimum absolute atomic E-state index is 0.176. The second-order valence-corrected chi connectivity index (χ2v) is 3.79. The third-order valence-electron chi connectivity index (χ3n) is 2.64. The van der Waals surface area contributed by atoms with Crippen LogP contribution >= 0.6 is 0 Å². The van der Waals surface area contributed by atoms with Crippen molar-refractivity contribution in [3.63, 3.8) is 0 Å². The summed E-state index contributed by atoms with van der Waals surface area (Å²) in [4.78, 5) is 10.7. The number of hydrogen-bond donors (Lipinski definition) is 1. The maximum absolute atomic E-state index is 10.7. The number of benzene rings is 1. The number of carboxylic acids is 1. The van der Waals surface area contributed by atoms with Gasteiger partial charge in [0.15, 0.2) is 0 Å². The molecular formula is C12H16O2. The van der Waals surface area contributed by atoms with Gasteiger partial charge in [0.25, 0.3) is 0 Å². The molecule has 0 amide bonds. The quantitative estimate of drug-likeness (QED) is 0.796. The lowest BCUT2D eigenvalue weighted by molar-refractivity contribution is -0.142. The van der Waals surface area contributed by atoms with Crippen molar-refractivity contribution in [2.45, 2.75) is 20.3 Å². The molecule has 0 saturated carbocycles. The highest BCUT2D eigenvalue weighted by Gasteiger charge is 2.19. The van der Waals surface area contributed by atoms with Gasteiger partial charge in [0.1, 0.15) is 0 Å². The van der Waals surface area contributed by atoms with E-state index < -0.39 is 5.97 Å². The van der Waals surface area contributed by atoms with Gasteiger partial charge in [0, 0.05) is 0 Å². The Morgan fingerprint density at radius 3 is 2.36 bits per heavy atom. The number of aliphatic carboxylic acids is 1. The van der Waals surface area contributed by atoms with Crippen LogP contribution in [0.2, 0.25) is 0 Å². The summed E-state index contributed by atoms with van der Waals surface area (Å²) in [6, 6.07) is 9.99. The summed E-state index contributed by atoms with van der Waals surface area (Å²) in [6.45, 7) is 3.74. The highest BCUT2D eigenvalue weighted by atomic mass is 16.4. The van der Waals surface area contributed by atoms with Crippen LogP contribution in [0.4, 0.5) is 0 Å². The zero-order valence-electron chi connectivity index (χ0n) is 8.60. The molecule has 0 spiro atoms. The van der Waals surface area contributed by atoms with Crippen molar-refractivity contribution in [1.82, 2.24) is 0 Å². The third kappa shape index (κ3) is 2.87. The van der Waals surface area contributed by atoms with Gasteiger partial charge in [-0.3, -0.25) is 4.79 Å². The van der Waals surface area contributed by atoms with E-state index in [1.54, 1.807) is 6.92 Å². The molecule has 0 unspecified atom stereocenters. The molecule has 76 valence electrons. The van der Waals surface area contributed by atoms with E-state index in [-0.39, 0.29) is 11.8 Å². The Labute approximate surface area is 84.6 Å².